The highest BCUT2D eigenvalue weighted by atomic mass is 32.1. The molecule has 1 amide bonds. The molecule has 2 fully saturated rings. The molecule has 110 valence electrons. The Labute approximate surface area is 126 Å². The largest absolute Gasteiger partial charge is 0.462 e. The van der Waals surface area contributed by atoms with Crippen LogP contribution in [0.5, 0.6) is 0 Å². The fraction of sp³-hybridized carbons (Fsp3) is 0.500. The number of anilines is 1. The molecule has 2 aromatic heterocycles. The van der Waals surface area contributed by atoms with Gasteiger partial charge in [0.1, 0.15) is 0 Å². The van der Waals surface area contributed by atoms with Crippen molar-refractivity contribution < 1.29 is 9.21 Å². The molecule has 1 spiro atoms. The Balaban J connectivity index is 1.41. The van der Waals surface area contributed by atoms with Gasteiger partial charge in [-0.05, 0) is 49.9 Å². The van der Waals surface area contributed by atoms with Crippen molar-refractivity contribution in [2.24, 2.45) is 11.3 Å². The maximum atomic E-state index is 12.3. The zero-order chi connectivity index (χ0) is 14.3. The fourth-order valence-corrected chi connectivity index (χ4v) is 3.88. The molecule has 0 radical (unpaired) electrons. The van der Waals surface area contributed by atoms with Crippen molar-refractivity contribution in [3.63, 3.8) is 0 Å². The number of carbonyl (C=O) groups is 1. The summed E-state index contributed by atoms with van der Waals surface area (Å²) < 4.78 is 5.28. The molecule has 1 saturated heterocycles. The minimum atomic E-state index is 0.0824. The lowest BCUT2D eigenvalue weighted by molar-refractivity contribution is -0.118. The van der Waals surface area contributed by atoms with Crippen LogP contribution in [0.2, 0.25) is 0 Å². The Morgan fingerprint density at radius 1 is 1.43 bits per heavy atom. The molecule has 4 rings (SSSR count). The van der Waals surface area contributed by atoms with Crippen molar-refractivity contribution >= 4 is 22.4 Å². The molecular formula is C14H16N4O2S. The zero-order valence-corrected chi connectivity index (χ0v) is 12.3. The van der Waals surface area contributed by atoms with E-state index in [4.69, 9.17) is 4.42 Å². The Hall–Kier alpha value is -1.73. The van der Waals surface area contributed by atoms with Gasteiger partial charge in [-0.1, -0.05) is 11.3 Å². The Morgan fingerprint density at radius 3 is 3.05 bits per heavy atom. The van der Waals surface area contributed by atoms with Gasteiger partial charge >= 0.3 is 0 Å². The molecule has 0 bridgehead atoms. The van der Waals surface area contributed by atoms with Crippen molar-refractivity contribution in [1.29, 1.82) is 0 Å². The first-order valence-corrected chi connectivity index (χ1v) is 7.97. The van der Waals surface area contributed by atoms with E-state index in [2.05, 4.69) is 20.8 Å². The minimum Gasteiger partial charge on any atom is -0.462 e. The lowest BCUT2D eigenvalue weighted by Gasteiger charge is -2.22. The van der Waals surface area contributed by atoms with E-state index in [1.165, 1.54) is 11.3 Å². The van der Waals surface area contributed by atoms with Crippen LogP contribution in [0.25, 0.3) is 10.8 Å². The van der Waals surface area contributed by atoms with E-state index >= 15 is 0 Å². The van der Waals surface area contributed by atoms with E-state index in [-0.39, 0.29) is 17.2 Å². The number of piperidine rings is 1. The first-order chi connectivity index (χ1) is 10.3. The number of rotatable bonds is 3. The first kappa shape index (κ1) is 13.0. The van der Waals surface area contributed by atoms with Gasteiger partial charge in [-0.25, -0.2) is 0 Å². The van der Waals surface area contributed by atoms with Gasteiger partial charge in [0, 0.05) is 5.92 Å². The lowest BCUT2D eigenvalue weighted by Crippen LogP contribution is -2.31. The van der Waals surface area contributed by atoms with Crippen molar-refractivity contribution in [3.8, 4) is 10.8 Å². The fourth-order valence-electron chi connectivity index (χ4n) is 3.16. The molecule has 1 aliphatic carbocycles. The molecule has 2 aromatic rings. The summed E-state index contributed by atoms with van der Waals surface area (Å²) in [7, 11) is 0. The third kappa shape index (κ3) is 2.36. The SMILES string of the molecule is O=C(Nc1nnc(-c2ccco2)s1)C1CC12CCNCC2. The van der Waals surface area contributed by atoms with Crippen LogP contribution in [0.3, 0.4) is 0 Å². The maximum Gasteiger partial charge on any atom is 0.229 e. The van der Waals surface area contributed by atoms with Crippen LogP contribution in [0, 0.1) is 11.3 Å². The van der Waals surface area contributed by atoms with Crippen LogP contribution >= 0.6 is 11.3 Å². The average Bonchev–Trinajstić information content (AvgIpc) is 2.93. The minimum absolute atomic E-state index is 0.0824. The van der Waals surface area contributed by atoms with E-state index < -0.39 is 0 Å². The molecule has 0 aromatic carbocycles. The molecule has 6 nitrogen and oxygen atoms in total. The Bertz CT molecular complexity index is 646. The molecule has 1 unspecified atom stereocenters. The molecular weight excluding hydrogens is 288 g/mol. The quantitative estimate of drug-likeness (QED) is 0.908. The van der Waals surface area contributed by atoms with Crippen molar-refractivity contribution in [3.05, 3.63) is 18.4 Å². The molecule has 2 N–H and O–H groups in total. The number of amides is 1. The lowest BCUT2D eigenvalue weighted by atomic mass is 9.92. The number of nitrogens with zero attached hydrogens (tertiary/aromatic N) is 2. The second kappa shape index (κ2) is 4.92. The Morgan fingerprint density at radius 2 is 2.29 bits per heavy atom. The third-order valence-corrected chi connectivity index (χ3v) is 5.35. The third-order valence-electron chi connectivity index (χ3n) is 4.49. The molecule has 21 heavy (non-hydrogen) atoms. The van der Waals surface area contributed by atoms with E-state index in [1.54, 1.807) is 12.3 Å². The number of nitrogens with one attached hydrogen (secondary N) is 2. The van der Waals surface area contributed by atoms with E-state index in [0.29, 0.717) is 15.9 Å². The van der Waals surface area contributed by atoms with Gasteiger partial charge in [-0.15, -0.1) is 10.2 Å². The van der Waals surface area contributed by atoms with Crippen LogP contribution < -0.4 is 10.6 Å². The van der Waals surface area contributed by atoms with Gasteiger partial charge in [0.25, 0.3) is 0 Å². The van der Waals surface area contributed by atoms with Crippen LogP contribution in [0.1, 0.15) is 19.3 Å². The van der Waals surface area contributed by atoms with Crippen LogP contribution in [0.4, 0.5) is 5.13 Å². The summed E-state index contributed by atoms with van der Waals surface area (Å²) >= 11 is 1.34. The molecule has 1 atom stereocenters. The van der Waals surface area contributed by atoms with E-state index in [0.717, 1.165) is 32.4 Å². The zero-order valence-electron chi connectivity index (χ0n) is 11.5. The second-order valence-electron chi connectivity index (χ2n) is 5.75. The van der Waals surface area contributed by atoms with Gasteiger partial charge in [0.05, 0.1) is 6.26 Å². The monoisotopic (exact) mass is 304 g/mol. The highest BCUT2D eigenvalue weighted by molar-refractivity contribution is 7.18. The van der Waals surface area contributed by atoms with Gasteiger partial charge in [0.15, 0.2) is 10.8 Å². The standard InChI is InChI=1S/C14H16N4O2S/c19-11(9-8-14(9)3-5-15-6-4-14)16-13-18-17-12(21-13)10-2-1-7-20-10/h1-2,7,9,15H,3-6,8H2,(H,16,18,19). The van der Waals surface area contributed by atoms with Crippen LogP contribution in [-0.4, -0.2) is 29.2 Å². The summed E-state index contributed by atoms with van der Waals surface area (Å²) in [5.74, 6) is 0.892. The summed E-state index contributed by atoms with van der Waals surface area (Å²) in [5.41, 5.74) is 0.240. The molecule has 2 aliphatic rings. The van der Waals surface area contributed by atoms with Crippen molar-refractivity contribution in [2.45, 2.75) is 19.3 Å². The predicted molar refractivity (Wildman–Crippen MR) is 78.9 cm³/mol. The second-order valence-corrected chi connectivity index (χ2v) is 6.73. The van der Waals surface area contributed by atoms with Crippen molar-refractivity contribution in [1.82, 2.24) is 15.5 Å². The van der Waals surface area contributed by atoms with Gasteiger partial charge in [-0.3, -0.25) is 4.79 Å². The highest BCUT2D eigenvalue weighted by Crippen LogP contribution is 2.58. The average molecular weight is 304 g/mol. The molecule has 1 saturated carbocycles. The number of hydrogen-bond donors (Lipinski definition) is 2. The number of furan rings is 1. The normalized spacial score (nSPS) is 23.1. The van der Waals surface area contributed by atoms with Gasteiger partial charge < -0.3 is 15.1 Å². The highest BCUT2D eigenvalue weighted by Gasteiger charge is 2.57. The summed E-state index contributed by atoms with van der Waals surface area (Å²) in [6, 6.07) is 3.64. The molecule has 7 heteroatoms. The summed E-state index contributed by atoms with van der Waals surface area (Å²) in [6.07, 6.45) is 4.79. The smallest absolute Gasteiger partial charge is 0.229 e. The first-order valence-electron chi connectivity index (χ1n) is 7.16. The van der Waals surface area contributed by atoms with E-state index in [9.17, 15) is 4.79 Å². The van der Waals surface area contributed by atoms with Crippen LogP contribution in [-0.2, 0) is 4.79 Å². The summed E-state index contributed by atoms with van der Waals surface area (Å²) in [4.78, 5) is 12.3. The summed E-state index contributed by atoms with van der Waals surface area (Å²) in [5, 5.41) is 15.5. The predicted octanol–water partition coefficient (Wildman–Crippen LogP) is 2.13. The Kier molecular flexibility index (Phi) is 3.04. The molecule has 1 aliphatic heterocycles. The number of aromatic nitrogens is 2. The summed E-state index contributed by atoms with van der Waals surface area (Å²) in [6.45, 7) is 2.04. The maximum absolute atomic E-state index is 12.3. The van der Waals surface area contributed by atoms with Crippen molar-refractivity contribution in [2.75, 3.05) is 18.4 Å². The topological polar surface area (TPSA) is 80.1 Å². The number of carbonyl (C=O) groups excluding carboxylic acids is 1. The van der Waals surface area contributed by atoms with Crippen LogP contribution in [0.15, 0.2) is 22.8 Å². The molecule has 3 heterocycles. The van der Waals surface area contributed by atoms with E-state index in [1.807, 2.05) is 6.07 Å². The van der Waals surface area contributed by atoms with Gasteiger partial charge in [-0.2, -0.15) is 0 Å². The number of hydrogen-bond acceptors (Lipinski definition) is 6. The van der Waals surface area contributed by atoms with Gasteiger partial charge in [0.2, 0.25) is 11.0 Å².